The predicted octanol–water partition coefficient (Wildman–Crippen LogP) is 6.32. The van der Waals surface area contributed by atoms with Crippen LogP contribution in [0.3, 0.4) is 0 Å². The van der Waals surface area contributed by atoms with Crippen LogP contribution in [0.25, 0.3) is 0 Å². The van der Waals surface area contributed by atoms with Crippen molar-refractivity contribution in [1.29, 1.82) is 0 Å². The van der Waals surface area contributed by atoms with Crippen LogP contribution in [0.1, 0.15) is 32.1 Å². The highest BCUT2D eigenvalue weighted by atomic mass is 32.2. The van der Waals surface area contributed by atoms with Gasteiger partial charge < -0.3 is 10.1 Å². The molecule has 3 nitrogen and oxygen atoms in total. The molecule has 0 aromatic rings. The van der Waals surface area contributed by atoms with Gasteiger partial charge in [-0.25, -0.2) is 0 Å². The lowest BCUT2D eigenvalue weighted by molar-refractivity contribution is -0.439. The van der Waals surface area contributed by atoms with Crippen LogP contribution in [-0.4, -0.2) is 59.6 Å². The molecule has 0 spiro atoms. The highest BCUT2D eigenvalue weighted by Crippen LogP contribution is 2.60. The zero-order valence-electron chi connectivity index (χ0n) is 15.7. The minimum Gasteiger partial charge on any atom is -0.347 e. The van der Waals surface area contributed by atoms with Crippen LogP contribution in [0.5, 0.6) is 0 Å². The molecule has 0 atom stereocenters. The van der Waals surface area contributed by atoms with Crippen LogP contribution in [0.4, 0.5) is 61.9 Å². The van der Waals surface area contributed by atoms with E-state index in [0.717, 1.165) is 0 Å². The Morgan fingerprint density at radius 2 is 1.22 bits per heavy atom. The highest BCUT2D eigenvalue weighted by molar-refractivity contribution is 8.13. The molecule has 0 fully saturated rings. The number of hydrogen-bond acceptors (Lipinski definition) is 3. The first-order valence-corrected chi connectivity index (χ1v) is 9.49. The molecule has 32 heavy (non-hydrogen) atoms. The lowest BCUT2D eigenvalue weighted by Crippen LogP contribution is -2.70. The Kier molecular flexibility index (Phi) is 10.2. The van der Waals surface area contributed by atoms with Crippen LogP contribution in [-0.2, 0) is 4.79 Å². The normalized spacial score (nSPS) is 14.4. The fraction of sp³-hybridized carbons (Fsp3) is 0.867. The van der Waals surface area contributed by atoms with E-state index in [1.165, 1.54) is 0 Å². The van der Waals surface area contributed by atoms with E-state index in [2.05, 4.69) is 5.32 Å². The third-order valence-corrected chi connectivity index (χ3v) is 4.73. The molecule has 190 valence electrons. The first kappa shape index (κ1) is 30.6. The molecule has 0 saturated heterocycles. The molecule has 0 saturated carbocycles. The van der Waals surface area contributed by atoms with Crippen molar-refractivity contribution in [2.45, 2.75) is 67.9 Å². The summed E-state index contributed by atoms with van der Waals surface area (Å²) in [5.74, 6) is -38.4. The summed E-state index contributed by atoms with van der Waals surface area (Å²) in [4.78, 5) is 21.4. The van der Waals surface area contributed by atoms with Gasteiger partial charge in [0, 0.05) is 25.1 Å². The number of alkyl halides is 13. The number of hydrogen-bond donors (Lipinski definition) is 1. The molecule has 0 aromatic heterocycles. The number of carbonyl (C=O) groups excluding carboxylic acids is 2. The number of unbranched alkanes of at least 4 members (excludes halogenated alkanes) is 3. The molecule has 1 N–H and O–H groups in total. The molecule has 0 aliphatic rings. The topological polar surface area (TPSA) is 46.2 Å². The second kappa shape index (κ2) is 10.7. The zero-order valence-corrected chi connectivity index (χ0v) is 16.5. The molecule has 0 unspecified atom stereocenters. The molecule has 0 aromatic carbocycles. The predicted molar refractivity (Wildman–Crippen MR) is 85.8 cm³/mol. The molecule has 17 heteroatoms. The second-order valence-electron chi connectivity index (χ2n) is 6.33. The van der Waals surface area contributed by atoms with E-state index in [4.69, 9.17) is 0 Å². The van der Waals surface area contributed by atoms with Crippen molar-refractivity contribution in [2.75, 3.05) is 12.3 Å². The Morgan fingerprint density at radius 1 is 0.719 bits per heavy atom. The molecule has 1 amide bonds. The van der Waals surface area contributed by atoms with E-state index in [1.54, 1.807) is 0 Å². The van der Waals surface area contributed by atoms with Crippen LogP contribution >= 0.6 is 11.8 Å². The molecular weight excluding hydrogens is 505 g/mol. The van der Waals surface area contributed by atoms with Gasteiger partial charge in [-0.2, -0.15) is 57.1 Å². The standard InChI is InChI=1S/C15H16F13NO2S/c16-10(17,5-8-32-9(31)29-6-3-1-2-4-7-30)11(18,19)12(20,21)13(22,23)14(24,25)15(26,27)28/h7H,1-6,8H2,(H,29,31). The molecule has 0 heterocycles. The van der Waals surface area contributed by atoms with E-state index in [0.29, 0.717) is 25.5 Å². The first-order valence-electron chi connectivity index (χ1n) is 8.50. The van der Waals surface area contributed by atoms with Crippen molar-refractivity contribution >= 4 is 23.3 Å². The number of rotatable bonds is 13. The van der Waals surface area contributed by atoms with Gasteiger partial charge in [0.25, 0.3) is 5.24 Å². The van der Waals surface area contributed by atoms with Crippen molar-refractivity contribution in [1.82, 2.24) is 5.32 Å². The van der Waals surface area contributed by atoms with Gasteiger partial charge in [-0.05, 0) is 12.8 Å². The van der Waals surface area contributed by atoms with E-state index in [1.807, 2.05) is 0 Å². The lowest BCUT2D eigenvalue weighted by atomic mass is 9.93. The maximum Gasteiger partial charge on any atom is 0.460 e. The molecular formula is C15H16F13NO2S. The smallest absolute Gasteiger partial charge is 0.347 e. The SMILES string of the molecule is O=CCCCCCNC(=O)SCCC(F)(F)C(F)(F)C(F)(F)C(F)(F)C(F)(F)C(F)(F)F. The fourth-order valence-corrected chi connectivity index (χ4v) is 2.75. The Hall–Kier alpha value is -1.42. The van der Waals surface area contributed by atoms with E-state index in [9.17, 15) is 66.7 Å². The average Bonchev–Trinajstić information content (AvgIpc) is 2.62. The van der Waals surface area contributed by atoms with Gasteiger partial charge in [-0.15, -0.1) is 0 Å². The van der Waals surface area contributed by atoms with E-state index >= 15 is 0 Å². The summed E-state index contributed by atoms with van der Waals surface area (Å²) in [6.07, 6.45) is -7.74. The van der Waals surface area contributed by atoms with E-state index in [-0.39, 0.29) is 24.7 Å². The fourth-order valence-electron chi connectivity index (χ4n) is 2.00. The van der Waals surface area contributed by atoms with Crippen molar-refractivity contribution < 1.29 is 66.7 Å². The summed E-state index contributed by atoms with van der Waals surface area (Å²) >= 11 is -0.164. The summed E-state index contributed by atoms with van der Waals surface area (Å²) in [5, 5.41) is 0.976. The summed E-state index contributed by atoms with van der Waals surface area (Å²) in [6.45, 7) is -0.0476. The van der Waals surface area contributed by atoms with Crippen LogP contribution in [0.2, 0.25) is 0 Å². The minimum atomic E-state index is -7.93. The monoisotopic (exact) mass is 521 g/mol. The van der Waals surface area contributed by atoms with Crippen molar-refractivity contribution in [3.05, 3.63) is 0 Å². The molecule has 0 aliphatic heterocycles. The third-order valence-electron chi connectivity index (χ3n) is 3.92. The number of halogens is 13. The third kappa shape index (κ3) is 6.34. The summed E-state index contributed by atoms with van der Waals surface area (Å²) < 4.78 is 168. The Morgan fingerprint density at radius 3 is 1.69 bits per heavy atom. The second-order valence-corrected chi connectivity index (χ2v) is 7.40. The van der Waals surface area contributed by atoms with Gasteiger partial charge in [0.2, 0.25) is 0 Å². The number of thioether (sulfide) groups is 1. The van der Waals surface area contributed by atoms with Crippen LogP contribution in [0, 0.1) is 0 Å². The Balaban J connectivity index is 5.13. The molecule has 0 rings (SSSR count). The van der Waals surface area contributed by atoms with Gasteiger partial charge in [0.1, 0.15) is 6.29 Å². The average molecular weight is 521 g/mol. The number of nitrogens with one attached hydrogen (secondary N) is 1. The maximum absolute atomic E-state index is 13.5. The lowest BCUT2D eigenvalue weighted by Gasteiger charge is -2.39. The summed E-state index contributed by atoms with van der Waals surface area (Å²) in [5.41, 5.74) is 0. The number of aldehydes is 1. The van der Waals surface area contributed by atoms with Crippen LogP contribution < -0.4 is 5.32 Å². The van der Waals surface area contributed by atoms with E-state index < -0.39 is 53.2 Å². The van der Waals surface area contributed by atoms with Gasteiger partial charge in [-0.1, -0.05) is 18.2 Å². The minimum absolute atomic E-state index is 0.0476. The molecule has 0 aliphatic carbocycles. The van der Waals surface area contributed by atoms with Crippen molar-refractivity contribution in [3.8, 4) is 0 Å². The molecule has 0 radical (unpaired) electrons. The van der Waals surface area contributed by atoms with Crippen molar-refractivity contribution in [3.63, 3.8) is 0 Å². The van der Waals surface area contributed by atoms with Crippen molar-refractivity contribution in [2.24, 2.45) is 0 Å². The van der Waals surface area contributed by atoms with Gasteiger partial charge >= 0.3 is 35.8 Å². The summed E-state index contributed by atoms with van der Waals surface area (Å²) in [7, 11) is 0. The molecule has 0 bridgehead atoms. The number of carbonyl (C=O) groups is 2. The highest BCUT2D eigenvalue weighted by Gasteiger charge is 2.90. The first-order chi connectivity index (χ1) is 14.2. The maximum atomic E-state index is 13.5. The Labute approximate surface area is 176 Å². The number of amides is 1. The van der Waals surface area contributed by atoms with Gasteiger partial charge in [-0.3, -0.25) is 4.79 Å². The zero-order chi connectivity index (χ0) is 25.6. The van der Waals surface area contributed by atoms with Crippen LogP contribution in [0.15, 0.2) is 0 Å². The Bertz CT molecular complexity index is 637. The van der Waals surface area contributed by atoms with Gasteiger partial charge in [0.15, 0.2) is 0 Å². The quantitative estimate of drug-likeness (QED) is 0.175. The van der Waals surface area contributed by atoms with Gasteiger partial charge in [0.05, 0.1) is 0 Å². The largest absolute Gasteiger partial charge is 0.460 e. The summed E-state index contributed by atoms with van der Waals surface area (Å²) in [6, 6.07) is 0.